The third-order valence-electron chi connectivity index (χ3n) is 3.67. The minimum Gasteiger partial charge on any atom is -0.348 e. The highest BCUT2D eigenvalue weighted by Crippen LogP contribution is 2.09. The van der Waals surface area contributed by atoms with Crippen LogP contribution in [0.4, 0.5) is 0 Å². The highest BCUT2D eigenvalue weighted by Gasteiger charge is 2.16. The number of aromatic nitrogens is 3. The van der Waals surface area contributed by atoms with Crippen LogP contribution in [0.5, 0.6) is 0 Å². The van der Waals surface area contributed by atoms with Gasteiger partial charge in [-0.15, -0.1) is 0 Å². The lowest BCUT2D eigenvalue weighted by molar-refractivity contribution is 0.0952. The summed E-state index contributed by atoms with van der Waals surface area (Å²) in [5, 5.41) is 5.62. The number of benzene rings is 1. The number of aryl methyl sites for hydroxylation is 1. The number of nitrogens with zero attached hydrogens (tertiary/aromatic N) is 2. The van der Waals surface area contributed by atoms with E-state index >= 15 is 0 Å². The Morgan fingerprint density at radius 2 is 2.00 bits per heavy atom. The fourth-order valence-electron chi connectivity index (χ4n) is 2.25. The summed E-state index contributed by atoms with van der Waals surface area (Å²) in [6.45, 7) is 3.90. The van der Waals surface area contributed by atoms with Crippen molar-refractivity contribution in [3.63, 3.8) is 0 Å². The molecule has 0 aliphatic carbocycles. The maximum atomic E-state index is 12.3. The van der Waals surface area contributed by atoms with Gasteiger partial charge >= 0.3 is 0 Å². The molecule has 1 amide bonds. The number of amides is 1. The van der Waals surface area contributed by atoms with E-state index in [0.717, 1.165) is 5.56 Å². The van der Waals surface area contributed by atoms with Crippen LogP contribution in [0.2, 0.25) is 0 Å². The maximum Gasteiger partial charge on any atom is 0.275 e. The number of hydrogen-bond donors (Lipinski definition) is 2. The topological polar surface area (TPSA) is 79.3 Å². The Hall–Kier alpha value is -2.89. The highest BCUT2D eigenvalue weighted by atomic mass is 16.2. The lowest BCUT2D eigenvalue weighted by Gasteiger charge is -2.05. The molecule has 0 fully saturated rings. The van der Waals surface area contributed by atoms with Crippen LogP contribution < -0.4 is 10.9 Å². The summed E-state index contributed by atoms with van der Waals surface area (Å²) in [6.07, 6.45) is 1.50. The summed E-state index contributed by atoms with van der Waals surface area (Å²) >= 11 is 0. The smallest absolute Gasteiger partial charge is 0.275 e. The second-order valence-corrected chi connectivity index (χ2v) is 5.14. The number of fused-ring (bicyclic) bond motifs is 1. The lowest BCUT2D eigenvalue weighted by Crippen LogP contribution is -2.24. The van der Waals surface area contributed by atoms with Gasteiger partial charge in [0, 0.05) is 24.0 Å². The van der Waals surface area contributed by atoms with E-state index in [1.54, 1.807) is 13.8 Å². The Labute approximate surface area is 126 Å². The summed E-state index contributed by atoms with van der Waals surface area (Å²) in [5.74, 6) is -0.266. The Morgan fingerprint density at radius 3 is 2.73 bits per heavy atom. The molecule has 2 N–H and O–H groups in total. The van der Waals surface area contributed by atoms with Crippen molar-refractivity contribution in [2.75, 3.05) is 0 Å². The van der Waals surface area contributed by atoms with Crippen LogP contribution in [-0.2, 0) is 6.54 Å². The van der Waals surface area contributed by atoms with Crippen molar-refractivity contribution < 1.29 is 4.79 Å². The minimum absolute atomic E-state index is 0.190. The predicted molar refractivity (Wildman–Crippen MR) is 82.9 cm³/mol. The van der Waals surface area contributed by atoms with Crippen molar-refractivity contribution in [2.45, 2.75) is 20.4 Å². The quantitative estimate of drug-likeness (QED) is 0.770. The van der Waals surface area contributed by atoms with E-state index in [1.165, 1.54) is 10.7 Å². The highest BCUT2D eigenvalue weighted by molar-refractivity contribution is 5.99. The third-order valence-corrected chi connectivity index (χ3v) is 3.67. The second-order valence-electron chi connectivity index (χ2n) is 5.14. The van der Waals surface area contributed by atoms with Crippen LogP contribution >= 0.6 is 0 Å². The molecule has 2 aromatic heterocycles. The molecule has 0 saturated heterocycles. The Bertz CT molecular complexity index is 894. The molecule has 0 saturated carbocycles. The van der Waals surface area contributed by atoms with Crippen LogP contribution in [0.25, 0.3) is 5.65 Å². The Morgan fingerprint density at radius 1 is 1.27 bits per heavy atom. The summed E-state index contributed by atoms with van der Waals surface area (Å²) in [6, 6.07) is 9.63. The summed E-state index contributed by atoms with van der Waals surface area (Å²) in [5.41, 5.74) is 2.71. The molecule has 1 aromatic carbocycles. The molecule has 3 rings (SSSR count). The van der Waals surface area contributed by atoms with Crippen LogP contribution in [0, 0.1) is 13.8 Å². The normalized spacial score (nSPS) is 10.8. The first kappa shape index (κ1) is 14.1. The Balaban J connectivity index is 1.90. The van der Waals surface area contributed by atoms with Gasteiger partial charge in [-0.2, -0.15) is 0 Å². The first-order valence-electron chi connectivity index (χ1n) is 6.97. The monoisotopic (exact) mass is 296 g/mol. The van der Waals surface area contributed by atoms with Crippen molar-refractivity contribution in [3.05, 3.63) is 69.3 Å². The molecule has 0 aliphatic heterocycles. The molecular formula is C16H16N4O2. The van der Waals surface area contributed by atoms with Gasteiger partial charge in [0.25, 0.3) is 11.5 Å². The average molecular weight is 296 g/mol. The molecule has 0 atom stereocenters. The summed E-state index contributed by atoms with van der Waals surface area (Å²) in [7, 11) is 0. The zero-order valence-corrected chi connectivity index (χ0v) is 12.4. The number of carbonyl (C=O) groups is 1. The fourth-order valence-corrected chi connectivity index (χ4v) is 2.25. The van der Waals surface area contributed by atoms with Crippen molar-refractivity contribution in [1.82, 2.24) is 19.9 Å². The van der Waals surface area contributed by atoms with E-state index in [1.807, 2.05) is 30.3 Å². The first-order valence-corrected chi connectivity index (χ1v) is 6.97. The molecule has 0 spiro atoms. The van der Waals surface area contributed by atoms with Crippen LogP contribution in [0.3, 0.4) is 0 Å². The molecular weight excluding hydrogens is 280 g/mol. The third kappa shape index (κ3) is 2.39. The van der Waals surface area contributed by atoms with E-state index in [4.69, 9.17) is 0 Å². The van der Waals surface area contributed by atoms with E-state index in [-0.39, 0.29) is 11.5 Å². The van der Waals surface area contributed by atoms with E-state index in [2.05, 4.69) is 15.4 Å². The number of H-pyrrole nitrogens is 1. The molecule has 22 heavy (non-hydrogen) atoms. The number of carbonyl (C=O) groups excluding carboxylic acids is 1. The van der Waals surface area contributed by atoms with Crippen LogP contribution in [0.15, 0.2) is 41.3 Å². The molecule has 0 unspecified atom stereocenters. The zero-order chi connectivity index (χ0) is 15.7. The number of nitrogens with one attached hydrogen (secondary N) is 2. The van der Waals surface area contributed by atoms with Gasteiger partial charge in [-0.05, 0) is 19.4 Å². The van der Waals surface area contributed by atoms with Crippen LogP contribution in [-0.4, -0.2) is 20.5 Å². The molecule has 3 aromatic rings. The van der Waals surface area contributed by atoms with Gasteiger partial charge in [0.1, 0.15) is 5.56 Å². The number of rotatable bonds is 3. The van der Waals surface area contributed by atoms with Gasteiger partial charge in [0.2, 0.25) is 0 Å². The summed E-state index contributed by atoms with van der Waals surface area (Å²) < 4.78 is 1.29. The zero-order valence-electron chi connectivity index (χ0n) is 12.4. The second kappa shape index (κ2) is 5.48. The molecule has 2 heterocycles. The average Bonchev–Trinajstić information content (AvgIpc) is 2.95. The van der Waals surface area contributed by atoms with E-state index < -0.39 is 0 Å². The molecule has 112 valence electrons. The maximum absolute atomic E-state index is 12.3. The SMILES string of the molecule is Cc1nc2c(C(=O)NCc3ccccc3)c[nH]n2c(=O)c1C. The van der Waals surface area contributed by atoms with Gasteiger partial charge in [0.05, 0.1) is 0 Å². The lowest BCUT2D eigenvalue weighted by atomic mass is 10.2. The number of hydrogen-bond acceptors (Lipinski definition) is 3. The molecule has 0 aliphatic rings. The van der Waals surface area contributed by atoms with E-state index in [0.29, 0.717) is 29.0 Å². The molecule has 6 heteroatoms. The fraction of sp³-hybridized carbons (Fsp3) is 0.188. The van der Waals surface area contributed by atoms with Gasteiger partial charge in [-0.3, -0.25) is 14.7 Å². The summed E-state index contributed by atoms with van der Waals surface area (Å²) in [4.78, 5) is 28.8. The van der Waals surface area contributed by atoms with Gasteiger partial charge in [-0.25, -0.2) is 9.50 Å². The van der Waals surface area contributed by atoms with Crippen molar-refractivity contribution >= 4 is 11.6 Å². The van der Waals surface area contributed by atoms with Crippen molar-refractivity contribution in [1.29, 1.82) is 0 Å². The molecule has 6 nitrogen and oxygen atoms in total. The largest absolute Gasteiger partial charge is 0.348 e. The minimum atomic E-state index is -0.266. The van der Waals surface area contributed by atoms with E-state index in [9.17, 15) is 9.59 Å². The Kier molecular flexibility index (Phi) is 3.50. The standard InChI is InChI=1S/C16H16N4O2/c1-10-11(2)19-14-13(9-18-20(14)16(10)22)15(21)17-8-12-6-4-3-5-7-12/h3-7,9,18H,8H2,1-2H3,(H,17,21). The van der Waals surface area contributed by atoms with Crippen molar-refractivity contribution in [3.8, 4) is 0 Å². The number of aromatic amines is 1. The molecule has 0 bridgehead atoms. The predicted octanol–water partition coefficient (Wildman–Crippen LogP) is 1.57. The van der Waals surface area contributed by atoms with Crippen molar-refractivity contribution in [2.24, 2.45) is 0 Å². The van der Waals surface area contributed by atoms with Gasteiger partial charge in [0.15, 0.2) is 5.65 Å². The van der Waals surface area contributed by atoms with Gasteiger partial charge in [-0.1, -0.05) is 30.3 Å². The van der Waals surface area contributed by atoms with Gasteiger partial charge < -0.3 is 5.32 Å². The van der Waals surface area contributed by atoms with Crippen LogP contribution in [0.1, 0.15) is 27.2 Å². The molecule has 0 radical (unpaired) electrons. The first-order chi connectivity index (χ1) is 10.6.